The van der Waals surface area contributed by atoms with Crippen molar-refractivity contribution in [2.24, 2.45) is 0 Å². The van der Waals surface area contributed by atoms with Gasteiger partial charge >= 0.3 is 6.18 Å². The highest BCUT2D eigenvalue weighted by molar-refractivity contribution is 5.93. The van der Waals surface area contributed by atoms with E-state index in [0.29, 0.717) is 5.82 Å². The van der Waals surface area contributed by atoms with Crippen molar-refractivity contribution >= 4 is 17.4 Å². The monoisotopic (exact) mass is 378 g/mol. The van der Waals surface area contributed by atoms with Gasteiger partial charge in [-0.05, 0) is 38.0 Å². The molecular formula is C19H21F3N4O. The van der Waals surface area contributed by atoms with Crippen molar-refractivity contribution in [1.82, 2.24) is 15.3 Å². The first-order valence-electron chi connectivity index (χ1n) is 8.92. The Kier molecular flexibility index (Phi) is 5.62. The number of benzene rings is 1. The predicted molar refractivity (Wildman–Crippen MR) is 95.8 cm³/mol. The van der Waals surface area contributed by atoms with Gasteiger partial charge < -0.3 is 10.6 Å². The quantitative estimate of drug-likeness (QED) is 0.815. The summed E-state index contributed by atoms with van der Waals surface area (Å²) in [5.41, 5.74) is -0.322. The lowest BCUT2D eigenvalue weighted by atomic mass is 9.95. The first-order valence-corrected chi connectivity index (χ1v) is 8.92. The average Bonchev–Trinajstić information content (AvgIpc) is 2.61. The van der Waals surface area contributed by atoms with E-state index >= 15 is 0 Å². The minimum Gasteiger partial charge on any atom is -0.348 e. The van der Waals surface area contributed by atoms with Gasteiger partial charge in [0.05, 0.1) is 5.56 Å². The fraction of sp³-hybridized carbons (Fsp3) is 0.421. The molecule has 0 atom stereocenters. The Morgan fingerprint density at radius 2 is 1.85 bits per heavy atom. The molecule has 2 N–H and O–H groups in total. The van der Waals surface area contributed by atoms with Crippen molar-refractivity contribution in [2.45, 2.75) is 51.2 Å². The number of hydrogen-bond acceptors (Lipinski definition) is 4. The van der Waals surface area contributed by atoms with Gasteiger partial charge in [-0.3, -0.25) is 4.79 Å². The van der Waals surface area contributed by atoms with Crippen LogP contribution in [0.15, 0.2) is 30.3 Å². The third-order valence-electron chi connectivity index (χ3n) is 4.47. The lowest BCUT2D eigenvalue weighted by Gasteiger charge is -2.22. The normalized spacial score (nSPS) is 15.4. The molecule has 0 radical (unpaired) electrons. The van der Waals surface area contributed by atoms with Crippen LogP contribution in [0.2, 0.25) is 0 Å². The highest BCUT2D eigenvalue weighted by Gasteiger charge is 2.30. The Morgan fingerprint density at radius 1 is 1.11 bits per heavy atom. The van der Waals surface area contributed by atoms with Gasteiger partial charge in [0.25, 0.3) is 5.91 Å². The Morgan fingerprint density at radius 3 is 2.56 bits per heavy atom. The zero-order valence-corrected chi connectivity index (χ0v) is 14.9. The van der Waals surface area contributed by atoms with E-state index in [2.05, 4.69) is 20.6 Å². The summed E-state index contributed by atoms with van der Waals surface area (Å²) in [6.07, 6.45) is 0.844. The van der Waals surface area contributed by atoms with E-state index in [9.17, 15) is 18.0 Å². The van der Waals surface area contributed by atoms with Gasteiger partial charge in [-0.1, -0.05) is 25.3 Å². The number of carbonyl (C=O) groups excluding carboxylic acids is 1. The smallest absolute Gasteiger partial charge is 0.348 e. The first-order chi connectivity index (χ1) is 12.8. The van der Waals surface area contributed by atoms with Crippen LogP contribution in [0.25, 0.3) is 0 Å². The largest absolute Gasteiger partial charge is 0.416 e. The minimum absolute atomic E-state index is 0.140. The lowest BCUT2D eigenvalue weighted by Crippen LogP contribution is -2.36. The van der Waals surface area contributed by atoms with E-state index in [1.54, 1.807) is 6.92 Å². The Labute approximate surface area is 155 Å². The molecule has 0 aliphatic heterocycles. The van der Waals surface area contributed by atoms with Crippen LogP contribution < -0.4 is 10.6 Å². The molecule has 8 heteroatoms. The number of halogens is 3. The van der Waals surface area contributed by atoms with E-state index < -0.39 is 11.7 Å². The van der Waals surface area contributed by atoms with Crippen molar-refractivity contribution < 1.29 is 18.0 Å². The molecule has 0 spiro atoms. The zero-order valence-electron chi connectivity index (χ0n) is 14.9. The highest BCUT2D eigenvalue weighted by atomic mass is 19.4. The van der Waals surface area contributed by atoms with Crippen LogP contribution in [-0.4, -0.2) is 21.9 Å². The van der Waals surface area contributed by atoms with Gasteiger partial charge in [0.15, 0.2) is 0 Å². The van der Waals surface area contributed by atoms with E-state index in [0.717, 1.165) is 37.8 Å². The Bertz CT molecular complexity index is 817. The number of rotatable bonds is 4. The molecule has 2 aromatic rings. The van der Waals surface area contributed by atoms with Crippen molar-refractivity contribution in [3.63, 3.8) is 0 Å². The number of amides is 1. The van der Waals surface area contributed by atoms with Gasteiger partial charge in [0.1, 0.15) is 17.3 Å². The van der Waals surface area contributed by atoms with Gasteiger partial charge in [-0.25, -0.2) is 9.97 Å². The lowest BCUT2D eigenvalue weighted by molar-refractivity contribution is -0.137. The number of alkyl halides is 3. The number of anilines is 2. The molecule has 1 saturated carbocycles. The number of carbonyl (C=O) groups is 1. The second-order valence-electron chi connectivity index (χ2n) is 6.70. The molecule has 3 rings (SSSR count). The molecule has 1 aromatic carbocycles. The molecule has 0 bridgehead atoms. The molecule has 1 fully saturated rings. The summed E-state index contributed by atoms with van der Waals surface area (Å²) in [7, 11) is 0. The van der Waals surface area contributed by atoms with Crippen molar-refractivity contribution in [3.8, 4) is 0 Å². The summed E-state index contributed by atoms with van der Waals surface area (Å²) in [4.78, 5) is 20.8. The summed E-state index contributed by atoms with van der Waals surface area (Å²) in [6.45, 7) is 1.63. The molecule has 27 heavy (non-hydrogen) atoms. The maximum Gasteiger partial charge on any atom is 0.416 e. The van der Waals surface area contributed by atoms with Gasteiger partial charge in [0, 0.05) is 17.8 Å². The van der Waals surface area contributed by atoms with Crippen molar-refractivity contribution in [1.29, 1.82) is 0 Å². The first kappa shape index (κ1) is 19.1. The van der Waals surface area contributed by atoms with Crippen molar-refractivity contribution in [2.75, 3.05) is 5.32 Å². The van der Waals surface area contributed by atoms with E-state index in [4.69, 9.17) is 0 Å². The fourth-order valence-corrected chi connectivity index (χ4v) is 3.18. The van der Waals surface area contributed by atoms with Gasteiger partial charge in [-0.15, -0.1) is 0 Å². The van der Waals surface area contributed by atoms with Crippen LogP contribution in [0.1, 0.15) is 54.0 Å². The van der Waals surface area contributed by atoms with Gasteiger partial charge in [-0.2, -0.15) is 13.2 Å². The summed E-state index contributed by atoms with van der Waals surface area (Å²) in [5, 5.41) is 5.80. The van der Waals surface area contributed by atoms with E-state index in [1.807, 2.05) is 0 Å². The SMILES string of the molecule is Cc1nc(Nc2cccc(C(F)(F)F)c2)cc(C(=O)NC2CCCCC2)n1. The summed E-state index contributed by atoms with van der Waals surface area (Å²) in [5.74, 6) is 0.343. The molecule has 0 saturated heterocycles. The summed E-state index contributed by atoms with van der Waals surface area (Å²) in [6, 6.07) is 6.41. The van der Waals surface area contributed by atoms with Crippen LogP contribution in [0.5, 0.6) is 0 Å². The third-order valence-corrected chi connectivity index (χ3v) is 4.47. The molecule has 1 aliphatic carbocycles. The number of nitrogens with zero attached hydrogens (tertiary/aromatic N) is 2. The van der Waals surface area contributed by atoms with E-state index in [-0.39, 0.29) is 29.1 Å². The molecule has 5 nitrogen and oxygen atoms in total. The molecular weight excluding hydrogens is 357 g/mol. The molecule has 1 heterocycles. The molecule has 144 valence electrons. The number of aryl methyl sites for hydroxylation is 1. The number of hydrogen-bond donors (Lipinski definition) is 2. The van der Waals surface area contributed by atoms with Crippen LogP contribution in [-0.2, 0) is 6.18 Å². The zero-order chi connectivity index (χ0) is 19.4. The molecule has 1 aliphatic rings. The number of aromatic nitrogens is 2. The fourth-order valence-electron chi connectivity index (χ4n) is 3.18. The third kappa shape index (κ3) is 5.18. The van der Waals surface area contributed by atoms with E-state index in [1.165, 1.54) is 24.6 Å². The molecule has 1 aromatic heterocycles. The minimum atomic E-state index is -4.43. The van der Waals surface area contributed by atoms with Crippen LogP contribution in [0, 0.1) is 6.92 Å². The second kappa shape index (κ2) is 7.94. The topological polar surface area (TPSA) is 66.9 Å². The van der Waals surface area contributed by atoms with Crippen LogP contribution in [0.4, 0.5) is 24.7 Å². The molecule has 0 unspecified atom stereocenters. The summed E-state index contributed by atoms with van der Waals surface area (Å²) < 4.78 is 38.6. The van der Waals surface area contributed by atoms with Crippen molar-refractivity contribution in [3.05, 3.63) is 47.4 Å². The highest BCUT2D eigenvalue weighted by Crippen LogP contribution is 2.31. The maximum absolute atomic E-state index is 12.9. The van der Waals surface area contributed by atoms with Crippen LogP contribution >= 0.6 is 0 Å². The second-order valence-corrected chi connectivity index (χ2v) is 6.70. The number of nitrogens with one attached hydrogen (secondary N) is 2. The van der Waals surface area contributed by atoms with Gasteiger partial charge in [0.2, 0.25) is 0 Å². The summed E-state index contributed by atoms with van der Waals surface area (Å²) >= 11 is 0. The standard InChI is InChI=1S/C19H21F3N4O/c1-12-23-16(18(27)26-14-7-3-2-4-8-14)11-17(24-12)25-15-9-5-6-13(10-15)19(20,21)22/h5-6,9-11,14H,2-4,7-8H2,1H3,(H,26,27)(H,23,24,25). The average molecular weight is 378 g/mol. The predicted octanol–water partition coefficient (Wildman–Crippen LogP) is 4.61. The Hall–Kier alpha value is -2.64. The van der Waals surface area contributed by atoms with Crippen LogP contribution in [0.3, 0.4) is 0 Å². The molecule has 1 amide bonds. The Balaban J connectivity index is 1.76. The maximum atomic E-state index is 12.9.